The molecule has 0 aromatic heterocycles. The Morgan fingerprint density at radius 3 is 2.63 bits per heavy atom. The number of hydrogen-bond acceptors (Lipinski definition) is 4. The highest BCUT2D eigenvalue weighted by Gasteiger charge is 2.39. The molecule has 2 atom stereocenters. The molecule has 0 aliphatic carbocycles. The van der Waals surface area contributed by atoms with Crippen molar-refractivity contribution in [3.63, 3.8) is 0 Å². The van der Waals surface area contributed by atoms with E-state index in [-0.39, 0.29) is 28.5 Å². The van der Waals surface area contributed by atoms with Crippen LogP contribution in [0.2, 0.25) is 0 Å². The molecular formula is C23H27FN2O3S. The van der Waals surface area contributed by atoms with Gasteiger partial charge in [-0.15, -0.1) is 11.8 Å². The number of nitrogens with zero attached hydrogens (tertiary/aromatic N) is 2. The minimum Gasteiger partial charge on any atom is -0.496 e. The molecule has 1 aliphatic rings. The summed E-state index contributed by atoms with van der Waals surface area (Å²) in [5.74, 6) is 0.0858. The molecule has 0 spiro atoms. The van der Waals surface area contributed by atoms with Gasteiger partial charge < -0.3 is 14.5 Å². The van der Waals surface area contributed by atoms with Gasteiger partial charge in [-0.1, -0.05) is 24.3 Å². The number of rotatable bonds is 7. The van der Waals surface area contributed by atoms with Crippen molar-refractivity contribution in [1.29, 1.82) is 0 Å². The maximum absolute atomic E-state index is 13.6. The molecule has 3 rings (SSSR count). The van der Waals surface area contributed by atoms with Gasteiger partial charge in [-0.25, -0.2) is 4.39 Å². The number of benzene rings is 2. The summed E-state index contributed by atoms with van der Waals surface area (Å²) in [5, 5.41) is -0.353. The lowest BCUT2D eigenvalue weighted by atomic mass is 10.1. The second-order valence-corrected chi connectivity index (χ2v) is 8.93. The van der Waals surface area contributed by atoms with Gasteiger partial charge in [0.25, 0.3) is 5.91 Å². The zero-order valence-electron chi connectivity index (χ0n) is 17.7. The maximum Gasteiger partial charge on any atom is 0.254 e. The molecule has 0 radical (unpaired) electrons. The molecule has 7 heteroatoms. The van der Waals surface area contributed by atoms with Crippen molar-refractivity contribution < 1.29 is 18.7 Å². The maximum atomic E-state index is 13.6. The summed E-state index contributed by atoms with van der Waals surface area (Å²) < 4.78 is 19.1. The van der Waals surface area contributed by atoms with Gasteiger partial charge in [-0.2, -0.15) is 0 Å². The number of methoxy groups -OCH3 is 1. The summed E-state index contributed by atoms with van der Waals surface area (Å²) in [7, 11) is 1.62. The number of halogens is 1. The summed E-state index contributed by atoms with van der Waals surface area (Å²) in [4.78, 5) is 29.3. The number of ether oxygens (including phenoxy) is 1. The topological polar surface area (TPSA) is 49.9 Å². The Morgan fingerprint density at radius 1 is 1.23 bits per heavy atom. The number of amides is 2. The van der Waals surface area contributed by atoms with Crippen molar-refractivity contribution in [3.05, 3.63) is 65.5 Å². The van der Waals surface area contributed by atoms with E-state index in [1.54, 1.807) is 34.7 Å². The van der Waals surface area contributed by atoms with Crippen LogP contribution in [-0.2, 0) is 4.79 Å². The van der Waals surface area contributed by atoms with E-state index in [4.69, 9.17) is 4.74 Å². The van der Waals surface area contributed by atoms with Gasteiger partial charge in [-0.05, 0) is 45.0 Å². The highest BCUT2D eigenvalue weighted by molar-refractivity contribution is 8.01. The lowest BCUT2D eigenvalue weighted by molar-refractivity contribution is -0.130. The zero-order valence-corrected chi connectivity index (χ0v) is 18.5. The summed E-state index contributed by atoms with van der Waals surface area (Å²) >= 11 is 1.57. The van der Waals surface area contributed by atoms with Gasteiger partial charge in [0.15, 0.2) is 0 Å². The van der Waals surface area contributed by atoms with Crippen molar-refractivity contribution in [1.82, 2.24) is 9.80 Å². The van der Waals surface area contributed by atoms with E-state index in [0.29, 0.717) is 18.7 Å². The number of carbonyl (C=O) groups is 2. The minimum atomic E-state index is -0.444. The van der Waals surface area contributed by atoms with Gasteiger partial charge in [-0.3, -0.25) is 9.59 Å². The van der Waals surface area contributed by atoms with E-state index in [0.717, 1.165) is 11.3 Å². The van der Waals surface area contributed by atoms with Crippen LogP contribution in [0.3, 0.4) is 0 Å². The van der Waals surface area contributed by atoms with E-state index in [2.05, 4.69) is 0 Å². The third-order valence-corrected chi connectivity index (χ3v) is 6.57. The second kappa shape index (κ2) is 9.51. The van der Waals surface area contributed by atoms with Crippen LogP contribution in [0.4, 0.5) is 4.39 Å². The van der Waals surface area contributed by atoms with E-state index in [1.807, 2.05) is 45.0 Å². The van der Waals surface area contributed by atoms with E-state index in [1.165, 1.54) is 18.2 Å². The van der Waals surface area contributed by atoms with Gasteiger partial charge in [0.2, 0.25) is 5.91 Å². The Balaban J connectivity index is 1.81. The second-order valence-electron chi connectivity index (χ2n) is 7.51. The first-order chi connectivity index (χ1) is 14.3. The molecule has 5 nitrogen and oxygen atoms in total. The van der Waals surface area contributed by atoms with Crippen molar-refractivity contribution in [3.8, 4) is 5.75 Å². The van der Waals surface area contributed by atoms with E-state index < -0.39 is 5.82 Å². The van der Waals surface area contributed by atoms with Crippen LogP contribution in [0.15, 0.2) is 48.5 Å². The van der Waals surface area contributed by atoms with Gasteiger partial charge in [0, 0.05) is 30.3 Å². The average molecular weight is 431 g/mol. The smallest absolute Gasteiger partial charge is 0.254 e. The molecule has 0 saturated carbocycles. The highest BCUT2D eigenvalue weighted by atomic mass is 32.2. The number of hydrogen-bond donors (Lipinski definition) is 0. The quantitative estimate of drug-likeness (QED) is 0.655. The molecule has 0 bridgehead atoms. The SMILES string of the molecule is COc1ccccc1[C@H]1S[C@@H](C)C(=O)N1CCN(C(=O)c1cccc(F)c1)C(C)C. The molecule has 1 saturated heterocycles. The molecule has 2 amide bonds. The van der Waals surface area contributed by atoms with Crippen molar-refractivity contribution in [2.24, 2.45) is 0 Å². The molecular weight excluding hydrogens is 403 g/mol. The molecule has 2 aromatic rings. The molecule has 1 aliphatic heterocycles. The van der Waals surface area contributed by atoms with Crippen LogP contribution in [0.25, 0.3) is 0 Å². The van der Waals surface area contributed by atoms with Crippen molar-refractivity contribution in [2.75, 3.05) is 20.2 Å². The van der Waals surface area contributed by atoms with Crippen molar-refractivity contribution >= 4 is 23.6 Å². The first-order valence-corrected chi connectivity index (χ1v) is 10.9. The van der Waals surface area contributed by atoms with Gasteiger partial charge in [0.1, 0.15) is 16.9 Å². The Bertz CT molecular complexity index is 921. The lowest BCUT2D eigenvalue weighted by Crippen LogP contribution is -2.43. The fourth-order valence-electron chi connectivity index (χ4n) is 3.61. The van der Waals surface area contributed by atoms with E-state index >= 15 is 0 Å². The molecule has 1 heterocycles. The third-order valence-electron chi connectivity index (χ3n) is 5.19. The molecule has 160 valence electrons. The third kappa shape index (κ3) is 4.61. The largest absolute Gasteiger partial charge is 0.496 e. The molecule has 2 aromatic carbocycles. The van der Waals surface area contributed by atoms with Crippen LogP contribution < -0.4 is 4.74 Å². The highest BCUT2D eigenvalue weighted by Crippen LogP contribution is 2.45. The number of para-hydroxylation sites is 1. The fraction of sp³-hybridized carbons (Fsp3) is 0.391. The Labute approximate surface area is 181 Å². The van der Waals surface area contributed by atoms with E-state index in [9.17, 15) is 14.0 Å². The van der Waals surface area contributed by atoms with Crippen molar-refractivity contribution in [2.45, 2.75) is 37.4 Å². The van der Waals surface area contributed by atoms with Crippen LogP contribution in [-0.4, -0.2) is 53.1 Å². The normalized spacial score (nSPS) is 18.7. The Morgan fingerprint density at radius 2 is 1.97 bits per heavy atom. The van der Waals surface area contributed by atoms with Crippen LogP contribution in [0.5, 0.6) is 5.75 Å². The Kier molecular flexibility index (Phi) is 7.02. The van der Waals surface area contributed by atoms with Crippen LogP contribution in [0, 0.1) is 5.82 Å². The average Bonchev–Trinajstić information content (AvgIpc) is 3.01. The van der Waals surface area contributed by atoms with Gasteiger partial charge in [0.05, 0.1) is 12.4 Å². The standard InChI is InChI=1S/C23H27FN2O3S/c1-15(2)25(22(28)17-8-7-9-18(24)14-17)12-13-26-21(27)16(3)30-23(26)19-10-5-6-11-20(19)29-4/h5-11,14-16,23H,12-13H2,1-4H3/t16-,23+/m0/s1. The lowest BCUT2D eigenvalue weighted by Gasteiger charge is -2.31. The fourth-order valence-corrected chi connectivity index (χ4v) is 4.95. The monoisotopic (exact) mass is 430 g/mol. The number of thioether (sulfide) groups is 1. The summed E-state index contributed by atoms with van der Waals surface area (Å²) in [6, 6.07) is 13.3. The summed E-state index contributed by atoms with van der Waals surface area (Å²) in [5.41, 5.74) is 1.25. The van der Waals surface area contributed by atoms with Gasteiger partial charge >= 0.3 is 0 Å². The Hall–Kier alpha value is -2.54. The minimum absolute atomic E-state index is 0.0396. The molecule has 30 heavy (non-hydrogen) atoms. The predicted octanol–water partition coefficient (Wildman–Crippen LogP) is 4.35. The zero-order chi connectivity index (χ0) is 21.8. The van der Waals surface area contributed by atoms with Crippen LogP contribution >= 0.6 is 11.8 Å². The first kappa shape index (κ1) is 22.2. The summed E-state index contributed by atoms with van der Waals surface area (Å²) in [6.45, 7) is 6.47. The molecule has 1 fully saturated rings. The van der Waals surface area contributed by atoms with Crippen LogP contribution in [0.1, 0.15) is 42.1 Å². The number of carbonyl (C=O) groups excluding carboxylic acids is 2. The predicted molar refractivity (Wildman–Crippen MR) is 117 cm³/mol. The molecule has 0 N–H and O–H groups in total. The molecule has 0 unspecified atom stereocenters. The summed E-state index contributed by atoms with van der Waals surface area (Å²) in [6.07, 6.45) is 0. The first-order valence-electron chi connectivity index (χ1n) is 9.99.